The molecule has 1 unspecified atom stereocenters. The summed E-state index contributed by atoms with van der Waals surface area (Å²) in [6, 6.07) is 3.06. The Morgan fingerprint density at radius 3 is 2.76 bits per heavy atom. The number of hydrogen-bond acceptors (Lipinski definition) is 3. The van der Waals surface area contributed by atoms with Gasteiger partial charge in [-0.1, -0.05) is 32.4 Å². The first-order chi connectivity index (χ1) is 7.79. The molecule has 1 atom stereocenters. The van der Waals surface area contributed by atoms with Gasteiger partial charge in [-0.05, 0) is 17.5 Å². The Kier molecular flexibility index (Phi) is 4.48. The van der Waals surface area contributed by atoms with Crippen molar-refractivity contribution in [1.82, 2.24) is 4.98 Å². The van der Waals surface area contributed by atoms with Crippen molar-refractivity contribution < 1.29 is 4.79 Å². The third kappa shape index (κ3) is 4.71. The molecule has 0 bridgehead atoms. The van der Waals surface area contributed by atoms with E-state index >= 15 is 0 Å². The van der Waals surface area contributed by atoms with Crippen molar-refractivity contribution in [1.29, 1.82) is 0 Å². The van der Waals surface area contributed by atoms with E-state index in [1.807, 2.05) is 20.8 Å². The number of carbonyl (C=O) groups is 1. The van der Waals surface area contributed by atoms with E-state index in [4.69, 9.17) is 17.3 Å². The number of nitrogens with one attached hydrogen (secondary N) is 1. The molecule has 1 aromatic heterocycles. The molecule has 0 spiro atoms. The van der Waals surface area contributed by atoms with Crippen LogP contribution in [0.1, 0.15) is 27.2 Å². The van der Waals surface area contributed by atoms with Crippen LogP contribution in [0.3, 0.4) is 0 Å². The van der Waals surface area contributed by atoms with Crippen LogP contribution in [0.5, 0.6) is 0 Å². The van der Waals surface area contributed by atoms with Crippen molar-refractivity contribution in [3.8, 4) is 0 Å². The number of hydrogen-bond donors (Lipinski definition) is 2. The number of halogens is 1. The van der Waals surface area contributed by atoms with Gasteiger partial charge in [0.1, 0.15) is 5.82 Å². The van der Waals surface area contributed by atoms with Gasteiger partial charge in [0.2, 0.25) is 5.91 Å². The highest BCUT2D eigenvalue weighted by molar-refractivity contribution is 6.30. The third-order valence-corrected chi connectivity index (χ3v) is 2.74. The molecule has 0 radical (unpaired) electrons. The maximum Gasteiger partial charge on any atom is 0.227 e. The lowest BCUT2D eigenvalue weighted by Crippen LogP contribution is -2.38. The second kappa shape index (κ2) is 5.47. The molecule has 94 valence electrons. The Bertz CT molecular complexity index is 401. The molecule has 0 aliphatic rings. The highest BCUT2D eigenvalue weighted by Gasteiger charge is 2.23. The summed E-state index contributed by atoms with van der Waals surface area (Å²) in [6.07, 6.45) is 1.80. The maximum absolute atomic E-state index is 11.7. The van der Waals surface area contributed by atoms with E-state index in [2.05, 4.69) is 10.3 Å². The van der Waals surface area contributed by atoms with E-state index < -0.39 is 0 Å². The molecule has 0 aliphatic carbocycles. The van der Waals surface area contributed by atoms with Crippen LogP contribution in [0.2, 0.25) is 5.02 Å². The fourth-order valence-corrected chi connectivity index (χ4v) is 1.33. The molecular formula is C12H18ClN3O. The predicted octanol–water partition coefficient (Wildman–Crippen LogP) is 2.44. The van der Waals surface area contributed by atoms with Gasteiger partial charge in [0, 0.05) is 23.7 Å². The SMILES string of the molecule is CC(C)(C)C(N)CC(=O)Nc1cc(Cl)ccn1. The lowest BCUT2D eigenvalue weighted by molar-refractivity contribution is -0.117. The summed E-state index contributed by atoms with van der Waals surface area (Å²) in [6.45, 7) is 6.01. The molecular weight excluding hydrogens is 238 g/mol. The fourth-order valence-electron chi connectivity index (χ4n) is 1.17. The molecule has 0 aromatic carbocycles. The molecule has 0 saturated heterocycles. The lowest BCUT2D eigenvalue weighted by atomic mass is 9.85. The van der Waals surface area contributed by atoms with Gasteiger partial charge < -0.3 is 11.1 Å². The summed E-state index contributed by atoms with van der Waals surface area (Å²) in [4.78, 5) is 15.7. The van der Waals surface area contributed by atoms with Gasteiger partial charge in [-0.25, -0.2) is 4.98 Å². The van der Waals surface area contributed by atoms with Crippen molar-refractivity contribution in [3.63, 3.8) is 0 Å². The molecule has 3 N–H and O–H groups in total. The summed E-state index contributed by atoms with van der Waals surface area (Å²) in [5.74, 6) is 0.297. The molecule has 1 rings (SSSR count). The van der Waals surface area contributed by atoms with Crippen molar-refractivity contribution in [2.75, 3.05) is 5.32 Å². The summed E-state index contributed by atoms with van der Waals surface area (Å²) >= 11 is 5.79. The zero-order valence-electron chi connectivity index (χ0n) is 10.3. The van der Waals surface area contributed by atoms with Crippen LogP contribution in [-0.4, -0.2) is 16.9 Å². The smallest absolute Gasteiger partial charge is 0.227 e. The Labute approximate surface area is 107 Å². The molecule has 17 heavy (non-hydrogen) atoms. The van der Waals surface area contributed by atoms with Crippen LogP contribution in [-0.2, 0) is 4.79 Å². The number of aromatic nitrogens is 1. The minimum Gasteiger partial charge on any atom is -0.327 e. The Balaban J connectivity index is 2.56. The van der Waals surface area contributed by atoms with Gasteiger partial charge in [0.25, 0.3) is 0 Å². The van der Waals surface area contributed by atoms with Gasteiger partial charge in [-0.3, -0.25) is 4.79 Å². The molecule has 0 aliphatic heterocycles. The fraction of sp³-hybridized carbons (Fsp3) is 0.500. The Morgan fingerprint density at radius 2 is 2.24 bits per heavy atom. The van der Waals surface area contributed by atoms with E-state index in [-0.39, 0.29) is 23.8 Å². The lowest BCUT2D eigenvalue weighted by Gasteiger charge is -2.26. The van der Waals surface area contributed by atoms with Crippen LogP contribution >= 0.6 is 11.6 Å². The average Bonchev–Trinajstić information content (AvgIpc) is 2.15. The van der Waals surface area contributed by atoms with E-state index in [9.17, 15) is 4.79 Å². The van der Waals surface area contributed by atoms with Crippen molar-refractivity contribution in [3.05, 3.63) is 23.4 Å². The normalized spacial score (nSPS) is 13.2. The quantitative estimate of drug-likeness (QED) is 0.872. The van der Waals surface area contributed by atoms with Gasteiger partial charge in [0.05, 0.1) is 0 Å². The van der Waals surface area contributed by atoms with Gasteiger partial charge >= 0.3 is 0 Å². The van der Waals surface area contributed by atoms with Crippen LogP contribution in [0.25, 0.3) is 0 Å². The van der Waals surface area contributed by atoms with Gasteiger partial charge in [-0.15, -0.1) is 0 Å². The van der Waals surface area contributed by atoms with Crippen molar-refractivity contribution in [2.24, 2.45) is 11.1 Å². The molecule has 0 saturated carbocycles. The second-order valence-corrected chi connectivity index (χ2v) is 5.52. The highest BCUT2D eigenvalue weighted by atomic mass is 35.5. The van der Waals surface area contributed by atoms with Crippen LogP contribution < -0.4 is 11.1 Å². The molecule has 0 fully saturated rings. The molecule has 4 nitrogen and oxygen atoms in total. The largest absolute Gasteiger partial charge is 0.327 e. The van der Waals surface area contributed by atoms with Crippen molar-refractivity contribution in [2.45, 2.75) is 33.2 Å². The standard InChI is InChI=1S/C12H18ClN3O/c1-12(2,3)9(14)7-11(17)16-10-6-8(13)4-5-15-10/h4-6,9H,7,14H2,1-3H3,(H,15,16,17). The van der Waals surface area contributed by atoms with Crippen LogP contribution in [0, 0.1) is 5.41 Å². The maximum atomic E-state index is 11.7. The van der Waals surface area contributed by atoms with E-state index in [1.165, 1.54) is 0 Å². The minimum atomic E-state index is -0.193. The number of rotatable bonds is 3. The Morgan fingerprint density at radius 1 is 1.59 bits per heavy atom. The van der Waals surface area contributed by atoms with Gasteiger partial charge in [-0.2, -0.15) is 0 Å². The molecule has 1 heterocycles. The van der Waals surface area contributed by atoms with Crippen LogP contribution in [0.15, 0.2) is 18.3 Å². The van der Waals surface area contributed by atoms with Crippen molar-refractivity contribution >= 4 is 23.3 Å². The number of amides is 1. The summed E-state index contributed by atoms with van der Waals surface area (Å²) in [7, 11) is 0. The van der Waals surface area contributed by atoms with Gasteiger partial charge in [0.15, 0.2) is 0 Å². The minimum absolute atomic E-state index is 0.0981. The first kappa shape index (κ1) is 13.9. The first-order valence-electron chi connectivity index (χ1n) is 5.46. The highest BCUT2D eigenvalue weighted by Crippen LogP contribution is 2.20. The van der Waals surface area contributed by atoms with E-state index in [1.54, 1.807) is 18.3 Å². The number of pyridine rings is 1. The number of carbonyl (C=O) groups excluding carboxylic acids is 1. The zero-order valence-corrected chi connectivity index (χ0v) is 11.1. The monoisotopic (exact) mass is 255 g/mol. The van der Waals surface area contributed by atoms with E-state index in [0.29, 0.717) is 10.8 Å². The topological polar surface area (TPSA) is 68.0 Å². The molecule has 1 aromatic rings. The molecule has 5 heteroatoms. The summed E-state index contributed by atoms with van der Waals surface area (Å²) in [5, 5.41) is 3.21. The predicted molar refractivity (Wildman–Crippen MR) is 69.9 cm³/mol. The molecule has 1 amide bonds. The number of nitrogens with two attached hydrogens (primary N) is 1. The third-order valence-electron chi connectivity index (χ3n) is 2.51. The zero-order chi connectivity index (χ0) is 13.1. The number of anilines is 1. The van der Waals surface area contributed by atoms with Crippen LogP contribution in [0.4, 0.5) is 5.82 Å². The van der Waals surface area contributed by atoms with E-state index in [0.717, 1.165) is 0 Å². The Hall–Kier alpha value is -1.13. The summed E-state index contributed by atoms with van der Waals surface area (Å²) in [5.41, 5.74) is 5.83. The number of nitrogens with zero attached hydrogens (tertiary/aromatic N) is 1. The average molecular weight is 256 g/mol. The summed E-state index contributed by atoms with van der Waals surface area (Å²) < 4.78 is 0. The first-order valence-corrected chi connectivity index (χ1v) is 5.84. The second-order valence-electron chi connectivity index (χ2n) is 5.08.